The number of aryl methyl sites for hydroxylation is 1. The van der Waals surface area contributed by atoms with Crippen LogP contribution in [-0.4, -0.2) is 52.4 Å². The van der Waals surface area contributed by atoms with Gasteiger partial charge in [-0.2, -0.15) is 0 Å². The largest absolute Gasteiger partial charge is 0.329 e. The third kappa shape index (κ3) is 3.77. The number of hydrogen-bond donors (Lipinski definition) is 2. The Bertz CT molecular complexity index is 1060. The van der Waals surface area contributed by atoms with Crippen LogP contribution >= 0.6 is 0 Å². The summed E-state index contributed by atoms with van der Waals surface area (Å²) >= 11 is 0. The summed E-state index contributed by atoms with van der Waals surface area (Å²) in [7, 11) is 1.79. The van der Waals surface area contributed by atoms with Gasteiger partial charge in [-0.15, -0.1) is 0 Å². The predicted octanol–water partition coefficient (Wildman–Crippen LogP) is 1.68. The van der Waals surface area contributed by atoms with Crippen LogP contribution in [0.25, 0.3) is 11.0 Å². The number of nitrogens with one attached hydrogen (secondary N) is 1. The fourth-order valence-corrected chi connectivity index (χ4v) is 3.39. The van der Waals surface area contributed by atoms with Gasteiger partial charge in [-0.25, -0.2) is 4.98 Å². The second-order valence-corrected chi connectivity index (χ2v) is 7.05. The van der Waals surface area contributed by atoms with Gasteiger partial charge >= 0.3 is 0 Å². The van der Waals surface area contributed by atoms with Crippen molar-refractivity contribution in [3.8, 4) is 0 Å². The Morgan fingerprint density at radius 3 is 2.72 bits per heavy atom. The molecule has 3 N–H and O–H groups in total. The molecule has 3 aromatic rings. The van der Waals surface area contributed by atoms with Gasteiger partial charge in [0.05, 0.1) is 17.6 Å². The lowest BCUT2D eigenvalue weighted by Crippen LogP contribution is -2.47. The molecule has 0 saturated heterocycles. The van der Waals surface area contributed by atoms with Gasteiger partial charge in [-0.1, -0.05) is 52.2 Å². The Labute approximate surface area is 168 Å². The van der Waals surface area contributed by atoms with Gasteiger partial charge in [-0.05, 0) is 19.1 Å². The zero-order chi connectivity index (χ0) is 20.4. The van der Waals surface area contributed by atoms with Gasteiger partial charge in [0.1, 0.15) is 6.17 Å². The van der Waals surface area contributed by atoms with E-state index in [2.05, 4.69) is 10.5 Å². The maximum absolute atomic E-state index is 13.0. The number of likely N-dealkylation sites (N-methyl/N-ethyl adjacent to an activating group) is 1. The second-order valence-electron chi connectivity index (χ2n) is 7.05. The van der Waals surface area contributed by atoms with Crippen LogP contribution in [0.2, 0.25) is 0 Å². The molecular weight excluding hydrogens is 368 g/mol. The highest BCUT2D eigenvalue weighted by Gasteiger charge is 2.33. The van der Waals surface area contributed by atoms with Crippen molar-refractivity contribution in [2.75, 3.05) is 20.1 Å². The van der Waals surface area contributed by atoms with Gasteiger partial charge in [0.25, 0.3) is 0 Å². The summed E-state index contributed by atoms with van der Waals surface area (Å²) in [5.74, 6) is 0.610. The Hall–Kier alpha value is -3.07. The lowest BCUT2D eigenvalue weighted by molar-refractivity contribution is -0.136. The number of para-hydroxylation sites is 2. The molecule has 8 nitrogen and oxygen atoms in total. The third-order valence-electron chi connectivity index (χ3n) is 4.93. The average molecular weight is 392 g/mol. The van der Waals surface area contributed by atoms with Gasteiger partial charge in [-0.3, -0.25) is 15.0 Å². The van der Waals surface area contributed by atoms with Crippen molar-refractivity contribution in [2.45, 2.75) is 19.6 Å². The minimum atomic E-state index is -0.302. The van der Waals surface area contributed by atoms with Gasteiger partial charge < -0.3 is 10.3 Å². The third-order valence-corrected chi connectivity index (χ3v) is 4.93. The number of carbonyl (C=O) groups is 1. The summed E-state index contributed by atoms with van der Waals surface area (Å²) in [5, 5.41) is 9.12. The molecule has 150 valence electrons. The van der Waals surface area contributed by atoms with Crippen molar-refractivity contribution in [2.24, 2.45) is 10.9 Å². The summed E-state index contributed by atoms with van der Waals surface area (Å²) in [6, 6.07) is 15.3. The molecule has 1 aliphatic heterocycles. The Morgan fingerprint density at radius 1 is 1.21 bits per heavy atom. The topological polar surface area (TPSA) is 97.8 Å². The monoisotopic (exact) mass is 392 g/mol. The average Bonchev–Trinajstić information content (AvgIpc) is 3.27. The van der Waals surface area contributed by atoms with Crippen molar-refractivity contribution < 1.29 is 9.73 Å². The number of nitrogens with zero attached hydrogens (tertiary/aromatic N) is 4. The molecule has 1 atom stereocenters. The van der Waals surface area contributed by atoms with E-state index >= 15 is 0 Å². The molecule has 0 radical (unpaired) electrons. The molecule has 1 aliphatic rings. The number of hydrogen-bond acceptors (Lipinski definition) is 7. The van der Waals surface area contributed by atoms with Crippen molar-refractivity contribution in [3.63, 3.8) is 0 Å². The Kier molecular flexibility index (Phi) is 5.39. The van der Waals surface area contributed by atoms with Gasteiger partial charge in [0.15, 0.2) is 17.3 Å². The molecular formula is C21H24N6O2. The molecule has 4 rings (SSSR count). The highest BCUT2D eigenvalue weighted by Crippen LogP contribution is 2.22. The first-order chi connectivity index (χ1) is 14.1. The summed E-state index contributed by atoms with van der Waals surface area (Å²) in [6.45, 7) is 3.24. The van der Waals surface area contributed by atoms with Crippen molar-refractivity contribution in [1.29, 1.82) is 0 Å². The van der Waals surface area contributed by atoms with E-state index in [-0.39, 0.29) is 18.5 Å². The Morgan fingerprint density at radius 2 is 1.97 bits per heavy atom. The predicted molar refractivity (Wildman–Crippen MR) is 111 cm³/mol. The van der Waals surface area contributed by atoms with Crippen molar-refractivity contribution in [1.82, 2.24) is 19.9 Å². The van der Waals surface area contributed by atoms with Gasteiger partial charge in [0.2, 0.25) is 0 Å². The SMILES string of the molecule is Cc1ccc(C(=O)Cn2c(C3=NON(C)C3NCCN)nc3ccccc32)cc1. The molecule has 2 heterocycles. The van der Waals surface area contributed by atoms with E-state index in [0.29, 0.717) is 30.2 Å². The molecule has 0 spiro atoms. The summed E-state index contributed by atoms with van der Waals surface area (Å²) in [5.41, 5.74) is 9.71. The number of Topliss-reactive ketones (excluding diaryl/α,β-unsaturated/α-hetero) is 1. The van der Waals surface area contributed by atoms with E-state index in [4.69, 9.17) is 15.7 Å². The maximum Gasteiger partial charge on any atom is 0.182 e. The molecule has 0 fully saturated rings. The summed E-state index contributed by atoms with van der Waals surface area (Å²) in [6.07, 6.45) is -0.302. The smallest absolute Gasteiger partial charge is 0.182 e. The van der Waals surface area contributed by atoms with Crippen LogP contribution in [0.4, 0.5) is 0 Å². The quantitative estimate of drug-likeness (QED) is 0.594. The number of oxime groups is 1. The van der Waals surface area contributed by atoms with Crippen LogP contribution in [0.15, 0.2) is 53.7 Å². The van der Waals surface area contributed by atoms with Crippen LogP contribution < -0.4 is 11.1 Å². The first-order valence-electron chi connectivity index (χ1n) is 9.55. The van der Waals surface area contributed by atoms with E-state index in [1.165, 1.54) is 0 Å². The van der Waals surface area contributed by atoms with Crippen LogP contribution in [0.1, 0.15) is 21.7 Å². The molecule has 0 saturated carbocycles. The summed E-state index contributed by atoms with van der Waals surface area (Å²) < 4.78 is 1.90. The molecule has 0 bridgehead atoms. The number of aromatic nitrogens is 2. The maximum atomic E-state index is 13.0. The van der Waals surface area contributed by atoms with Crippen LogP contribution in [0, 0.1) is 6.92 Å². The molecule has 0 aliphatic carbocycles. The van der Waals surface area contributed by atoms with Crippen LogP contribution in [0.5, 0.6) is 0 Å². The molecule has 29 heavy (non-hydrogen) atoms. The first kappa shape index (κ1) is 19.3. The number of carbonyl (C=O) groups excluding carboxylic acids is 1. The zero-order valence-electron chi connectivity index (χ0n) is 16.5. The minimum Gasteiger partial charge on any atom is -0.329 e. The van der Waals surface area contributed by atoms with E-state index in [0.717, 1.165) is 16.6 Å². The van der Waals surface area contributed by atoms with E-state index in [1.54, 1.807) is 12.1 Å². The highest BCUT2D eigenvalue weighted by molar-refractivity contribution is 6.05. The van der Waals surface area contributed by atoms with Crippen molar-refractivity contribution >= 4 is 22.5 Å². The van der Waals surface area contributed by atoms with E-state index in [1.807, 2.05) is 60.0 Å². The number of benzene rings is 2. The van der Waals surface area contributed by atoms with Crippen LogP contribution in [0.3, 0.4) is 0 Å². The fraction of sp³-hybridized carbons (Fsp3) is 0.286. The lowest BCUT2D eigenvalue weighted by atomic mass is 10.1. The summed E-state index contributed by atoms with van der Waals surface area (Å²) in [4.78, 5) is 23.1. The number of imidazole rings is 1. The second kappa shape index (κ2) is 8.12. The minimum absolute atomic E-state index is 0.00809. The highest BCUT2D eigenvalue weighted by atomic mass is 16.8. The normalized spacial score (nSPS) is 16.8. The van der Waals surface area contributed by atoms with Gasteiger partial charge in [0, 0.05) is 25.7 Å². The number of rotatable bonds is 7. The molecule has 8 heteroatoms. The molecule has 1 unspecified atom stereocenters. The number of fused-ring (bicyclic) bond motifs is 1. The first-order valence-corrected chi connectivity index (χ1v) is 9.55. The zero-order valence-corrected chi connectivity index (χ0v) is 16.5. The van der Waals surface area contributed by atoms with E-state index < -0.39 is 0 Å². The number of nitrogens with two attached hydrogens (primary N) is 1. The number of hydroxylamine groups is 2. The fourth-order valence-electron chi connectivity index (χ4n) is 3.39. The van der Waals surface area contributed by atoms with E-state index in [9.17, 15) is 4.79 Å². The van der Waals surface area contributed by atoms with Crippen LogP contribution in [-0.2, 0) is 11.5 Å². The lowest BCUT2D eigenvalue weighted by Gasteiger charge is -2.19. The Balaban J connectivity index is 1.73. The standard InChI is InChI=1S/C21H24N6O2/c1-14-7-9-15(10-8-14)18(28)13-27-17-6-4-3-5-16(17)24-21(27)19-20(23-12-11-22)26(2)29-25-19/h3-10,20,23H,11-13,22H2,1-2H3. The van der Waals surface area contributed by atoms with Crippen molar-refractivity contribution in [3.05, 3.63) is 65.5 Å². The molecule has 0 amide bonds. The molecule has 2 aromatic carbocycles. The molecule has 1 aromatic heterocycles. The number of ketones is 1.